The molecule has 1 fully saturated rings. The zero-order valence-electron chi connectivity index (χ0n) is 11.3. The number of hydrogen-bond donors (Lipinski definition) is 2. The predicted octanol–water partition coefficient (Wildman–Crippen LogP) is 2.44. The maximum absolute atomic E-state index is 11.9. The van der Waals surface area contributed by atoms with Crippen LogP contribution in [0.25, 0.3) is 0 Å². The molecule has 0 radical (unpaired) electrons. The summed E-state index contributed by atoms with van der Waals surface area (Å²) in [5.74, 6) is 0.266. The van der Waals surface area contributed by atoms with Crippen LogP contribution in [0.3, 0.4) is 0 Å². The molecule has 3 rings (SSSR count). The number of benzene rings is 1. The quantitative estimate of drug-likeness (QED) is 0.660. The Morgan fingerprint density at radius 1 is 1.35 bits per heavy atom. The summed E-state index contributed by atoms with van der Waals surface area (Å²) in [4.78, 5) is 11.9. The van der Waals surface area contributed by atoms with Gasteiger partial charge in [0.1, 0.15) is 0 Å². The largest absolute Gasteiger partial charge is 0.291 e. The van der Waals surface area contributed by atoms with Gasteiger partial charge in [0.2, 0.25) is 0 Å². The number of nitrogens with one attached hydrogen (secondary N) is 2. The van der Waals surface area contributed by atoms with E-state index in [-0.39, 0.29) is 5.91 Å². The zero-order valence-corrected chi connectivity index (χ0v) is 11.3. The summed E-state index contributed by atoms with van der Waals surface area (Å²) in [6, 6.07) is 11.5. The average molecular weight is 268 g/mol. The molecule has 2 aromatic rings. The summed E-state index contributed by atoms with van der Waals surface area (Å²) >= 11 is 0. The van der Waals surface area contributed by atoms with Gasteiger partial charge in [-0.15, -0.1) is 0 Å². The molecule has 0 atom stereocenters. The molecule has 20 heavy (non-hydrogen) atoms. The number of hydrazone groups is 1. The number of H-pyrrole nitrogens is 1. The normalized spacial score (nSPS) is 15.2. The fourth-order valence-electron chi connectivity index (χ4n) is 1.99. The first-order valence-electron chi connectivity index (χ1n) is 6.69. The van der Waals surface area contributed by atoms with Crippen LogP contribution in [0.4, 0.5) is 0 Å². The first kappa shape index (κ1) is 12.6. The fraction of sp³-hybridized carbons (Fsp3) is 0.267. The minimum Gasteiger partial charge on any atom is -0.281 e. The van der Waals surface area contributed by atoms with Gasteiger partial charge in [-0.2, -0.15) is 10.2 Å². The van der Waals surface area contributed by atoms with Gasteiger partial charge in [-0.3, -0.25) is 9.89 Å². The number of aromatic amines is 1. The van der Waals surface area contributed by atoms with E-state index in [1.807, 2.05) is 37.3 Å². The number of nitrogens with zero attached hydrogens (tertiary/aromatic N) is 2. The van der Waals surface area contributed by atoms with Crippen LogP contribution in [0.15, 0.2) is 41.5 Å². The molecule has 1 aliphatic rings. The third-order valence-electron chi connectivity index (χ3n) is 3.36. The zero-order chi connectivity index (χ0) is 13.9. The Morgan fingerprint density at radius 3 is 2.80 bits per heavy atom. The van der Waals surface area contributed by atoms with Crippen molar-refractivity contribution in [3.05, 3.63) is 53.3 Å². The van der Waals surface area contributed by atoms with Crippen molar-refractivity contribution in [2.45, 2.75) is 25.7 Å². The summed E-state index contributed by atoms with van der Waals surface area (Å²) in [6.07, 6.45) is 2.35. The van der Waals surface area contributed by atoms with E-state index in [0.29, 0.717) is 11.6 Å². The van der Waals surface area contributed by atoms with Crippen LogP contribution in [0, 0.1) is 0 Å². The highest BCUT2D eigenvalue weighted by molar-refractivity contribution is 6.00. The Morgan fingerprint density at radius 2 is 2.10 bits per heavy atom. The molecule has 5 nitrogen and oxygen atoms in total. The maximum Gasteiger partial charge on any atom is 0.291 e. The van der Waals surface area contributed by atoms with E-state index in [4.69, 9.17) is 0 Å². The summed E-state index contributed by atoms with van der Waals surface area (Å²) in [5.41, 5.74) is 5.70. The van der Waals surface area contributed by atoms with E-state index in [0.717, 1.165) is 17.0 Å². The molecule has 0 bridgehead atoms. The highest BCUT2D eigenvalue weighted by Gasteiger charge is 2.26. The highest BCUT2D eigenvalue weighted by Crippen LogP contribution is 2.38. The van der Waals surface area contributed by atoms with Crippen LogP contribution in [0.1, 0.15) is 47.4 Å². The molecule has 5 heteroatoms. The minimum absolute atomic E-state index is 0.288. The number of aromatic nitrogens is 2. The lowest BCUT2D eigenvalue weighted by Gasteiger charge is -2.00. The van der Waals surface area contributed by atoms with Crippen LogP contribution in [0.5, 0.6) is 0 Å². The van der Waals surface area contributed by atoms with E-state index >= 15 is 0 Å². The lowest BCUT2D eigenvalue weighted by atomic mass is 10.1. The van der Waals surface area contributed by atoms with E-state index in [1.54, 1.807) is 6.07 Å². The van der Waals surface area contributed by atoms with Crippen molar-refractivity contribution in [1.82, 2.24) is 15.6 Å². The van der Waals surface area contributed by atoms with Gasteiger partial charge >= 0.3 is 0 Å². The van der Waals surface area contributed by atoms with E-state index in [9.17, 15) is 4.79 Å². The van der Waals surface area contributed by atoms with Gasteiger partial charge in [0.25, 0.3) is 5.91 Å². The second kappa shape index (κ2) is 5.28. The van der Waals surface area contributed by atoms with Crippen LogP contribution in [-0.4, -0.2) is 21.8 Å². The fourth-order valence-corrected chi connectivity index (χ4v) is 1.99. The molecule has 0 unspecified atom stereocenters. The molecule has 1 aromatic heterocycles. The third kappa shape index (κ3) is 2.77. The third-order valence-corrected chi connectivity index (χ3v) is 3.36. The summed E-state index contributed by atoms with van der Waals surface area (Å²) in [6.45, 7) is 1.86. The van der Waals surface area contributed by atoms with Gasteiger partial charge in [-0.1, -0.05) is 30.3 Å². The number of carbonyl (C=O) groups excluding carboxylic acids is 1. The molecule has 1 aromatic carbocycles. The summed E-state index contributed by atoms with van der Waals surface area (Å²) < 4.78 is 0. The minimum atomic E-state index is -0.288. The molecular weight excluding hydrogens is 252 g/mol. The summed E-state index contributed by atoms with van der Waals surface area (Å²) in [7, 11) is 0. The molecule has 102 valence electrons. The van der Waals surface area contributed by atoms with Crippen molar-refractivity contribution < 1.29 is 4.79 Å². The smallest absolute Gasteiger partial charge is 0.281 e. The molecule has 0 aliphatic heterocycles. The van der Waals surface area contributed by atoms with Crippen LogP contribution >= 0.6 is 0 Å². The van der Waals surface area contributed by atoms with Crippen LogP contribution in [-0.2, 0) is 0 Å². The molecule has 2 N–H and O–H groups in total. The van der Waals surface area contributed by atoms with Crippen LogP contribution in [0.2, 0.25) is 0 Å². The molecule has 1 saturated carbocycles. The molecular formula is C15H16N4O. The van der Waals surface area contributed by atoms with Gasteiger partial charge in [0, 0.05) is 11.6 Å². The van der Waals surface area contributed by atoms with Gasteiger partial charge in [-0.25, -0.2) is 5.43 Å². The SMILES string of the molecule is CC(=NNC(=O)c1cc(C2CC2)[nH]n1)c1ccccc1. The average Bonchev–Trinajstić information content (AvgIpc) is 3.22. The van der Waals surface area contributed by atoms with Gasteiger partial charge in [0.05, 0.1) is 5.71 Å². The predicted molar refractivity (Wildman–Crippen MR) is 76.7 cm³/mol. The van der Waals surface area contributed by atoms with E-state index < -0.39 is 0 Å². The Bertz CT molecular complexity index is 641. The van der Waals surface area contributed by atoms with Crippen molar-refractivity contribution >= 4 is 11.6 Å². The highest BCUT2D eigenvalue weighted by atomic mass is 16.2. The summed E-state index contributed by atoms with van der Waals surface area (Å²) in [5, 5.41) is 11.0. The van der Waals surface area contributed by atoms with Crippen molar-refractivity contribution in [2.24, 2.45) is 5.10 Å². The lowest BCUT2D eigenvalue weighted by Crippen LogP contribution is -2.19. The Labute approximate surface area is 117 Å². The second-order valence-corrected chi connectivity index (χ2v) is 4.99. The van der Waals surface area contributed by atoms with Crippen LogP contribution < -0.4 is 5.43 Å². The van der Waals surface area contributed by atoms with E-state index in [1.165, 1.54) is 12.8 Å². The van der Waals surface area contributed by atoms with Crippen molar-refractivity contribution in [3.63, 3.8) is 0 Å². The Balaban J connectivity index is 1.66. The van der Waals surface area contributed by atoms with Gasteiger partial charge in [-0.05, 0) is 31.4 Å². The lowest BCUT2D eigenvalue weighted by molar-refractivity contribution is 0.0950. The van der Waals surface area contributed by atoms with Gasteiger partial charge in [0.15, 0.2) is 5.69 Å². The Kier molecular flexibility index (Phi) is 3.33. The standard InChI is InChI=1S/C15H16N4O/c1-10(11-5-3-2-4-6-11)16-19-15(20)14-9-13(17-18-14)12-7-8-12/h2-6,9,12H,7-8H2,1H3,(H,17,18)(H,19,20). The monoisotopic (exact) mass is 268 g/mol. The molecule has 0 saturated heterocycles. The van der Waals surface area contributed by atoms with Crippen molar-refractivity contribution in [3.8, 4) is 0 Å². The van der Waals surface area contributed by atoms with Crippen molar-refractivity contribution in [2.75, 3.05) is 0 Å². The first-order valence-corrected chi connectivity index (χ1v) is 6.69. The molecule has 1 heterocycles. The number of carbonyl (C=O) groups is 1. The van der Waals surface area contributed by atoms with Crippen molar-refractivity contribution in [1.29, 1.82) is 0 Å². The topological polar surface area (TPSA) is 70.1 Å². The Hall–Kier alpha value is -2.43. The number of rotatable bonds is 4. The molecule has 0 spiro atoms. The number of hydrogen-bond acceptors (Lipinski definition) is 3. The van der Waals surface area contributed by atoms with E-state index in [2.05, 4.69) is 20.7 Å². The molecule has 1 amide bonds. The van der Waals surface area contributed by atoms with Gasteiger partial charge < -0.3 is 0 Å². The number of amides is 1. The second-order valence-electron chi connectivity index (χ2n) is 4.99. The first-order chi connectivity index (χ1) is 9.74. The molecule has 1 aliphatic carbocycles. The maximum atomic E-state index is 11.9.